The normalized spacial score (nSPS) is 14.8. The number of benzene rings is 2. The Hall–Kier alpha value is -3.92. The summed E-state index contributed by atoms with van der Waals surface area (Å²) >= 11 is 0. The van der Waals surface area contributed by atoms with Crippen molar-refractivity contribution in [3.8, 4) is 5.69 Å². The lowest BCUT2D eigenvalue weighted by molar-refractivity contribution is -0.136. The number of urea groups is 1. The summed E-state index contributed by atoms with van der Waals surface area (Å²) < 4.78 is 41.8. The van der Waals surface area contributed by atoms with Crippen LogP contribution in [0.1, 0.15) is 17.0 Å². The molecule has 1 aliphatic heterocycles. The van der Waals surface area contributed by atoms with E-state index in [-0.39, 0.29) is 5.69 Å². The van der Waals surface area contributed by atoms with Crippen LogP contribution in [0.3, 0.4) is 0 Å². The Morgan fingerprint density at radius 3 is 2.42 bits per heavy atom. The second-order valence-corrected chi connectivity index (χ2v) is 8.78. The molecule has 0 saturated carbocycles. The van der Waals surface area contributed by atoms with Crippen LogP contribution in [0, 0.1) is 6.92 Å². The first kappa shape index (κ1) is 23.8. The van der Waals surface area contributed by atoms with Gasteiger partial charge in [-0.25, -0.2) is 14.8 Å². The Labute approximate surface area is 206 Å². The van der Waals surface area contributed by atoms with Gasteiger partial charge in [-0.15, -0.1) is 0 Å². The van der Waals surface area contributed by atoms with Crippen LogP contribution >= 0.6 is 0 Å². The third-order valence-corrected chi connectivity index (χ3v) is 6.28. The van der Waals surface area contributed by atoms with Gasteiger partial charge in [0.2, 0.25) is 0 Å². The monoisotopic (exact) mass is 494 g/mol. The summed E-state index contributed by atoms with van der Waals surface area (Å²) in [4.78, 5) is 25.8. The highest BCUT2D eigenvalue weighted by molar-refractivity contribution is 5.90. The number of fused-ring (bicyclic) bond motifs is 1. The third-order valence-electron chi connectivity index (χ3n) is 6.28. The highest BCUT2D eigenvalue weighted by atomic mass is 19.4. The molecule has 0 unspecified atom stereocenters. The first-order chi connectivity index (χ1) is 17.3. The number of nitrogens with zero attached hydrogens (tertiary/aromatic N) is 5. The molecule has 2 aromatic carbocycles. The van der Waals surface area contributed by atoms with Crippen LogP contribution in [-0.2, 0) is 12.7 Å². The molecule has 186 valence electrons. The Bertz CT molecular complexity index is 1370. The zero-order chi connectivity index (χ0) is 25.3. The van der Waals surface area contributed by atoms with Gasteiger partial charge in [0.25, 0.3) is 0 Å². The fraction of sp³-hybridized carbons (Fsp3) is 0.269. The predicted molar refractivity (Wildman–Crippen MR) is 131 cm³/mol. The van der Waals surface area contributed by atoms with Gasteiger partial charge in [-0.1, -0.05) is 29.8 Å². The maximum Gasteiger partial charge on any atom is 0.418 e. The molecule has 7 nitrogen and oxygen atoms in total. The van der Waals surface area contributed by atoms with E-state index in [0.717, 1.165) is 34.3 Å². The molecule has 0 radical (unpaired) electrons. The molecule has 4 aromatic rings. The lowest BCUT2D eigenvalue weighted by Gasteiger charge is -2.34. The first-order valence-electron chi connectivity index (χ1n) is 11.6. The SMILES string of the molecule is Cc1ccc(-n2c(CN3CCN(C(=O)Nc4ccccc4C(F)(F)F)CC3)nc3cccnc32)cc1. The first-order valence-corrected chi connectivity index (χ1v) is 11.6. The van der Waals surface area contributed by atoms with Gasteiger partial charge in [0, 0.05) is 38.1 Å². The number of halogens is 3. The third kappa shape index (κ3) is 4.90. The second-order valence-electron chi connectivity index (χ2n) is 8.78. The molecule has 0 atom stereocenters. The van der Waals surface area contributed by atoms with Gasteiger partial charge >= 0.3 is 12.2 Å². The average Bonchev–Trinajstić information content (AvgIpc) is 3.22. The van der Waals surface area contributed by atoms with Crippen molar-refractivity contribution < 1.29 is 18.0 Å². The van der Waals surface area contributed by atoms with Gasteiger partial charge in [-0.3, -0.25) is 9.47 Å². The predicted octanol–water partition coefficient (Wildman–Crippen LogP) is 5.10. The van der Waals surface area contributed by atoms with Crippen LogP contribution in [0.15, 0.2) is 66.9 Å². The van der Waals surface area contributed by atoms with Gasteiger partial charge in [-0.05, 0) is 43.3 Å². The van der Waals surface area contributed by atoms with Gasteiger partial charge in [-0.2, -0.15) is 13.2 Å². The maximum atomic E-state index is 13.3. The zero-order valence-corrected chi connectivity index (χ0v) is 19.7. The van der Waals surface area contributed by atoms with Gasteiger partial charge in [0.1, 0.15) is 11.3 Å². The summed E-state index contributed by atoms with van der Waals surface area (Å²) in [5.74, 6) is 0.838. The molecule has 1 aliphatic rings. The van der Waals surface area contributed by atoms with E-state index in [1.165, 1.54) is 23.1 Å². The number of nitrogens with one attached hydrogen (secondary N) is 1. The lowest BCUT2D eigenvalue weighted by Crippen LogP contribution is -2.49. The number of anilines is 1. The van der Waals surface area contributed by atoms with Gasteiger partial charge < -0.3 is 10.2 Å². The van der Waals surface area contributed by atoms with Crippen molar-refractivity contribution in [2.75, 3.05) is 31.5 Å². The summed E-state index contributed by atoms with van der Waals surface area (Å²) in [6.07, 6.45) is -2.80. The van der Waals surface area contributed by atoms with Crippen LogP contribution in [0.25, 0.3) is 16.9 Å². The molecular weight excluding hydrogens is 469 g/mol. The van der Waals surface area contributed by atoms with Gasteiger partial charge in [0.05, 0.1) is 17.8 Å². The highest BCUT2D eigenvalue weighted by Crippen LogP contribution is 2.34. The minimum Gasteiger partial charge on any atom is -0.322 e. The van der Waals surface area contributed by atoms with Crippen LogP contribution in [0.2, 0.25) is 0 Å². The van der Waals surface area contributed by atoms with Crippen LogP contribution in [0.4, 0.5) is 23.7 Å². The van der Waals surface area contributed by atoms with E-state index in [1.807, 2.05) is 47.9 Å². The number of alkyl halides is 3. The zero-order valence-electron chi connectivity index (χ0n) is 19.7. The summed E-state index contributed by atoms with van der Waals surface area (Å²) in [5, 5.41) is 2.43. The summed E-state index contributed by atoms with van der Waals surface area (Å²) in [6.45, 7) is 4.51. The van der Waals surface area contributed by atoms with Crippen molar-refractivity contribution in [2.24, 2.45) is 0 Å². The Morgan fingerprint density at radius 1 is 0.972 bits per heavy atom. The molecule has 0 spiro atoms. The molecule has 36 heavy (non-hydrogen) atoms. The minimum atomic E-state index is -4.54. The van der Waals surface area contributed by atoms with Crippen molar-refractivity contribution in [3.63, 3.8) is 0 Å². The maximum absolute atomic E-state index is 13.3. The quantitative estimate of drug-likeness (QED) is 0.429. The van der Waals surface area contributed by atoms with E-state index in [0.29, 0.717) is 32.7 Å². The molecular formula is C26H25F3N6O. The molecule has 2 amide bonds. The number of imidazole rings is 1. The Balaban J connectivity index is 1.28. The number of para-hydroxylation sites is 1. The number of amides is 2. The van der Waals surface area contributed by atoms with Gasteiger partial charge in [0.15, 0.2) is 5.65 Å². The van der Waals surface area contributed by atoms with E-state index >= 15 is 0 Å². The smallest absolute Gasteiger partial charge is 0.322 e. The van der Waals surface area contributed by atoms with Crippen molar-refractivity contribution in [2.45, 2.75) is 19.6 Å². The summed E-state index contributed by atoms with van der Waals surface area (Å²) in [6, 6.07) is 16.4. The molecule has 2 aromatic heterocycles. The fourth-order valence-electron chi connectivity index (χ4n) is 4.37. The van der Waals surface area contributed by atoms with Crippen LogP contribution in [0.5, 0.6) is 0 Å². The Morgan fingerprint density at radius 2 is 1.69 bits per heavy atom. The molecule has 0 bridgehead atoms. The highest BCUT2D eigenvalue weighted by Gasteiger charge is 2.34. The number of hydrogen-bond acceptors (Lipinski definition) is 4. The summed E-state index contributed by atoms with van der Waals surface area (Å²) in [5.41, 5.74) is 2.60. The van der Waals surface area contributed by atoms with Crippen molar-refractivity contribution in [1.29, 1.82) is 0 Å². The molecule has 1 N–H and O–H groups in total. The number of pyridine rings is 1. The van der Waals surface area contributed by atoms with E-state index in [1.54, 1.807) is 6.20 Å². The lowest BCUT2D eigenvalue weighted by atomic mass is 10.1. The molecule has 1 fully saturated rings. The second kappa shape index (κ2) is 9.62. The number of rotatable bonds is 4. The summed E-state index contributed by atoms with van der Waals surface area (Å²) in [7, 11) is 0. The number of carbonyl (C=O) groups is 1. The fourth-order valence-corrected chi connectivity index (χ4v) is 4.37. The van der Waals surface area contributed by atoms with Crippen molar-refractivity contribution in [3.05, 3.63) is 83.8 Å². The average molecular weight is 495 g/mol. The molecule has 5 rings (SSSR count). The number of hydrogen-bond donors (Lipinski definition) is 1. The topological polar surface area (TPSA) is 66.3 Å². The number of aryl methyl sites for hydroxylation is 1. The number of carbonyl (C=O) groups excluding carboxylic acids is 1. The molecule has 0 aliphatic carbocycles. The molecule has 1 saturated heterocycles. The standard InChI is InChI=1S/C26H25F3N6O/c1-18-8-10-19(11-9-18)35-23(31-22-7-4-12-30-24(22)35)17-33-13-15-34(16-14-33)25(36)32-21-6-3-2-5-20(21)26(27,28)29/h2-12H,13-17H2,1H3,(H,32,36). The van der Waals surface area contributed by atoms with E-state index in [9.17, 15) is 18.0 Å². The minimum absolute atomic E-state index is 0.239. The molecule has 3 heterocycles. The number of piperazine rings is 1. The van der Waals surface area contributed by atoms with E-state index in [4.69, 9.17) is 4.98 Å². The van der Waals surface area contributed by atoms with Crippen LogP contribution < -0.4 is 5.32 Å². The van der Waals surface area contributed by atoms with Crippen LogP contribution in [-0.4, -0.2) is 56.5 Å². The van der Waals surface area contributed by atoms with Crippen molar-refractivity contribution in [1.82, 2.24) is 24.3 Å². The number of aromatic nitrogens is 3. The Kier molecular flexibility index (Phi) is 6.36. The molecule has 10 heteroatoms. The largest absolute Gasteiger partial charge is 0.418 e. The van der Waals surface area contributed by atoms with E-state index in [2.05, 4.69) is 15.2 Å². The van der Waals surface area contributed by atoms with Crippen molar-refractivity contribution >= 4 is 22.9 Å². The van der Waals surface area contributed by atoms with E-state index < -0.39 is 17.8 Å².